The highest BCUT2D eigenvalue weighted by Gasteiger charge is 2.22. The predicted octanol–water partition coefficient (Wildman–Crippen LogP) is 11.1. The van der Waals surface area contributed by atoms with Crippen LogP contribution in [0.2, 0.25) is 0 Å². The van der Waals surface area contributed by atoms with Gasteiger partial charge in [-0.3, -0.25) is 0 Å². The molecule has 3 nitrogen and oxygen atoms in total. The van der Waals surface area contributed by atoms with E-state index in [1.807, 2.05) is 11.3 Å². The Morgan fingerprint density at radius 1 is 0.386 bits per heavy atom. The van der Waals surface area contributed by atoms with Crippen LogP contribution in [0.25, 0.3) is 91.5 Å². The Hall–Kier alpha value is -5.58. The Balaban J connectivity index is 1.53. The van der Waals surface area contributed by atoms with Gasteiger partial charge in [0.1, 0.15) is 0 Å². The van der Waals surface area contributed by atoms with Gasteiger partial charge >= 0.3 is 0 Å². The summed E-state index contributed by atoms with van der Waals surface area (Å²) >= 11 is 1.87. The molecule has 0 unspecified atom stereocenters. The standard InChI is InChI=1S/C40H23N3S/c1-2-10-25(11-3-1)41-32-16-8-9-17-36(32)44-37-23-34-33(22-35(37)41)42-30-14-6-4-12-26(30)28-20-18-24-19-21-29-27-13-5-7-15-31(27)43(34)40(29)38(24)39(28)42/h1-23H. The first-order valence-electron chi connectivity index (χ1n) is 15.0. The van der Waals surface area contributed by atoms with E-state index in [1.54, 1.807) is 0 Å². The minimum absolute atomic E-state index is 1.16. The van der Waals surface area contributed by atoms with Crippen molar-refractivity contribution in [2.24, 2.45) is 0 Å². The van der Waals surface area contributed by atoms with Crippen LogP contribution in [-0.4, -0.2) is 13.4 Å². The highest BCUT2D eigenvalue weighted by Crippen LogP contribution is 2.44. The van der Waals surface area contributed by atoms with E-state index < -0.39 is 0 Å². The SMILES string of the molecule is c1ccc(-n2c3ccccc3sc3cc4c(cc32)n2c3ccccc3c3ccc5ccc6c7ccccc7n4c6c5c32)cc1. The van der Waals surface area contributed by atoms with Crippen LogP contribution in [0.4, 0.5) is 0 Å². The maximum Gasteiger partial charge on any atom is 0.0725 e. The van der Waals surface area contributed by atoms with Crippen LogP contribution in [0.1, 0.15) is 0 Å². The fourth-order valence-corrected chi connectivity index (χ4v) is 8.88. The summed E-state index contributed by atoms with van der Waals surface area (Å²) in [6, 6.07) is 51.5. The topological polar surface area (TPSA) is 13.8 Å². The molecule has 11 rings (SSSR count). The summed E-state index contributed by atoms with van der Waals surface area (Å²) in [5, 5.41) is 7.75. The average molecular weight is 578 g/mol. The van der Waals surface area contributed by atoms with E-state index in [0.717, 1.165) is 5.69 Å². The van der Waals surface area contributed by atoms with Gasteiger partial charge in [0.05, 0.1) is 53.5 Å². The van der Waals surface area contributed by atoms with Crippen molar-refractivity contribution in [3.8, 4) is 5.69 Å². The summed E-state index contributed by atoms with van der Waals surface area (Å²) in [6.07, 6.45) is 0. The molecule has 0 atom stereocenters. The number of nitrogens with zero attached hydrogens (tertiary/aromatic N) is 3. The number of hydrogen-bond donors (Lipinski definition) is 0. The normalized spacial score (nSPS) is 12.5. The molecule has 0 saturated carbocycles. The van der Waals surface area contributed by atoms with Crippen molar-refractivity contribution >= 4 is 97.2 Å². The lowest BCUT2D eigenvalue weighted by atomic mass is 10.0. The van der Waals surface area contributed by atoms with Crippen molar-refractivity contribution in [1.82, 2.24) is 13.4 Å². The van der Waals surface area contributed by atoms with E-state index in [1.165, 1.54) is 85.9 Å². The second-order valence-corrected chi connectivity index (χ2v) is 12.9. The molecule has 204 valence electrons. The van der Waals surface area contributed by atoms with Crippen LogP contribution < -0.4 is 0 Å². The molecule has 0 fully saturated rings. The molecule has 0 radical (unpaired) electrons. The Labute approximate surface area is 255 Å². The summed E-state index contributed by atoms with van der Waals surface area (Å²) in [5.74, 6) is 0. The van der Waals surface area contributed by atoms with Gasteiger partial charge in [-0.15, -0.1) is 11.3 Å². The molecular weight excluding hydrogens is 555 g/mol. The average Bonchev–Trinajstić information content (AvgIpc) is 3.56. The number of aromatic nitrogens is 3. The first kappa shape index (κ1) is 22.9. The molecule has 0 bridgehead atoms. The lowest BCUT2D eigenvalue weighted by Crippen LogP contribution is -1.99. The van der Waals surface area contributed by atoms with E-state index in [4.69, 9.17) is 0 Å². The molecule has 0 N–H and O–H groups in total. The number of benzene rings is 7. The van der Waals surface area contributed by atoms with Crippen LogP contribution in [0.3, 0.4) is 0 Å². The number of hydrogen-bond acceptors (Lipinski definition) is 1. The monoisotopic (exact) mass is 577 g/mol. The van der Waals surface area contributed by atoms with Crippen LogP contribution >= 0.6 is 11.3 Å². The van der Waals surface area contributed by atoms with E-state index in [0.29, 0.717) is 0 Å². The van der Waals surface area contributed by atoms with Crippen molar-refractivity contribution in [1.29, 1.82) is 0 Å². The first-order valence-corrected chi connectivity index (χ1v) is 15.9. The van der Waals surface area contributed by atoms with Gasteiger partial charge in [0.15, 0.2) is 0 Å². The van der Waals surface area contributed by atoms with Crippen LogP contribution in [-0.2, 0) is 0 Å². The van der Waals surface area contributed by atoms with Crippen molar-refractivity contribution < 1.29 is 0 Å². The Bertz CT molecular complexity index is 2980. The lowest BCUT2D eigenvalue weighted by molar-refractivity contribution is 1.17. The predicted molar refractivity (Wildman–Crippen MR) is 188 cm³/mol. The second kappa shape index (κ2) is 8.07. The Kier molecular flexibility index (Phi) is 4.21. The third-order valence-electron chi connectivity index (χ3n) is 9.57. The molecule has 0 aliphatic heterocycles. The number of para-hydroxylation sites is 4. The van der Waals surface area contributed by atoms with E-state index >= 15 is 0 Å². The molecule has 0 aliphatic carbocycles. The Morgan fingerprint density at radius 2 is 0.955 bits per heavy atom. The summed E-state index contributed by atoms with van der Waals surface area (Å²) in [4.78, 5) is 0. The number of rotatable bonds is 1. The summed E-state index contributed by atoms with van der Waals surface area (Å²) in [5.41, 5.74) is 11.0. The van der Waals surface area contributed by atoms with Gasteiger partial charge in [0, 0.05) is 32.6 Å². The zero-order valence-electron chi connectivity index (χ0n) is 23.5. The summed E-state index contributed by atoms with van der Waals surface area (Å²) in [6.45, 7) is 0. The van der Waals surface area contributed by atoms with Crippen molar-refractivity contribution in [2.45, 2.75) is 0 Å². The molecule has 44 heavy (non-hydrogen) atoms. The molecule has 4 heteroatoms. The van der Waals surface area contributed by atoms with Gasteiger partial charge in [-0.05, 0) is 53.9 Å². The van der Waals surface area contributed by atoms with E-state index in [-0.39, 0.29) is 0 Å². The maximum absolute atomic E-state index is 2.54. The third-order valence-corrected chi connectivity index (χ3v) is 10.7. The van der Waals surface area contributed by atoms with Gasteiger partial charge < -0.3 is 13.4 Å². The van der Waals surface area contributed by atoms with Crippen molar-refractivity contribution in [3.63, 3.8) is 0 Å². The zero-order chi connectivity index (χ0) is 28.5. The van der Waals surface area contributed by atoms with E-state index in [9.17, 15) is 0 Å². The maximum atomic E-state index is 2.54. The minimum atomic E-state index is 1.16. The molecule has 7 aromatic carbocycles. The van der Waals surface area contributed by atoms with Gasteiger partial charge in [-0.1, -0.05) is 91.0 Å². The molecular formula is C40H23N3S. The van der Waals surface area contributed by atoms with Gasteiger partial charge in [-0.25, -0.2) is 0 Å². The molecule has 0 aliphatic rings. The zero-order valence-corrected chi connectivity index (χ0v) is 24.3. The van der Waals surface area contributed by atoms with E-state index in [2.05, 4.69) is 153 Å². The molecule has 0 amide bonds. The molecule has 4 heterocycles. The van der Waals surface area contributed by atoms with Gasteiger partial charge in [-0.2, -0.15) is 0 Å². The highest BCUT2D eigenvalue weighted by molar-refractivity contribution is 7.24. The minimum Gasteiger partial charge on any atom is -0.308 e. The van der Waals surface area contributed by atoms with Crippen molar-refractivity contribution in [3.05, 3.63) is 140 Å². The van der Waals surface area contributed by atoms with Gasteiger partial charge in [0.25, 0.3) is 0 Å². The lowest BCUT2D eigenvalue weighted by Gasteiger charge is -2.16. The molecule has 0 saturated heterocycles. The second-order valence-electron chi connectivity index (χ2n) is 11.8. The summed E-state index contributed by atoms with van der Waals surface area (Å²) < 4.78 is 10.0. The first-order chi connectivity index (χ1) is 21.8. The third kappa shape index (κ3) is 2.73. The fourth-order valence-electron chi connectivity index (χ4n) is 7.81. The molecule has 11 aromatic rings. The van der Waals surface area contributed by atoms with Crippen LogP contribution in [0, 0.1) is 0 Å². The fraction of sp³-hybridized carbons (Fsp3) is 0. The van der Waals surface area contributed by atoms with Crippen LogP contribution in [0.15, 0.2) is 140 Å². The quantitative estimate of drug-likeness (QED) is 0.172. The molecule has 0 spiro atoms. The smallest absolute Gasteiger partial charge is 0.0725 e. The van der Waals surface area contributed by atoms with Crippen LogP contribution in [0.5, 0.6) is 0 Å². The highest BCUT2D eigenvalue weighted by atomic mass is 32.1. The van der Waals surface area contributed by atoms with Gasteiger partial charge in [0.2, 0.25) is 0 Å². The Morgan fingerprint density at radius 3 is 1.64 bits per heavy atom. The largest absolute Gasteiger partial charge is 0.308 e. The molecule has 4 aromatic heterocycles. The number of fused-ring (bicyclic) bond motifs is 11. The summed E-state index contributed by atoms with van der Waals surface area (Å²) in [7, 11) is 0. The van der Waals surface area contributed by atoms with Crippen molar-refractivity contribution in [2.75, 3.05) is 0 Å².